The molecule has 1 atom stereocenters. The van der Waals surface area contributed by atoms with Crippen LogP contribution < -0.4 is 5.73 Å². The molecule has 0 aliphatic carbocycles. The molecule has 0 aromatic carbocycles. The molecule has 1 unspecified atom stereocenters. The third kappa shape index (κ3) is 5.45. The number of hydrogen-bond acceptors (Lipinski definition) is 3. The van der Waals surface area contributed by atoms with Crippen LogP contribution in [-0.2, 0) is 15.5 Å². The summed E-state index contributed by atoms with van der Waals surface area (Å²) in [6.07, 6.45) is 1.95. The molecule has 0 saturated carbocycles. The van der Waals surface area contributed by atoms with Crippen molar-refractivity contribution in [1.29, 1.82) is 0 Å². The molecule has 0 saturated heterocycles. The number of rotatable bonds is 2. The van der Waals surface area contributed by atoms with Crippen molar-refractivity contribution < 1.29 is 12.9 Å². The van der Waals surface area contributed by atoms with Gasteiger partial charge in [0.25, 0.3) is 0 Å². The molecule has 0 amide bonds. The summed E-state index contributed by atoms with van der Waals surface area (Å²) in [4.78, 5) is 0. The van der Waals surface area contributed by atoms with Crippen LogP contribution in [0.5, 0.6) is 0 Å². The Morgan fingerprint density at radius 3 is 2.57 bits per heavy atom. The average molecular weight is 123 g/mol. The van der Waals surface area contributed by atoms with Crippen molar-refractivity contribution >= 4 is 11.4 Å². The van der Waals surface area contributed by atoms with Gasteiger partial charge < -0.3 is 9.92 Å². The molecule has 4 nitrogen and oxygen atoms in total. The molecule has 42 valence electrons. The summed E-state index contributed by atoms with van der Waals surface area (Å²) in [5.41, 5.74) is 4.73. The van der Waals surface area contributed by atoms with E-state index in [-0.39, 0.29) is 0 Å². The fraction of sp³-hybridized carbons (Fsp3) is 0. The van der Waals surface area contributed by atoms with Crippen LogP contribution >= 0.6 is 0 Å². The second kappa shape index (κ2) is 3.63. The van der Waals surface area contributed by atoms with Crippen molar-refractivity contribution in [1.82, 2.24) is 0 Å². The molecule has 0 aromatic heterocycles. The first-order chi connectivity index (χ1) is 3.27. The minimum Gasteiger partial charge on any atom is -0.402 e. The fourth-order valence-electron chi connectivity index (χ4n) is 0.0796. The van der Waals surface area contributed by atoms with Gasteiger partial charge in [0, 0.05) is 6.20 Å². The average Bonchev–Trinajstić information content (AvgIpc) is 1.61. The normalized spacial score (nSPS) is 14.4. The SMILES string of the molecule is NC=COS(=O)O. The van der Waals surface area contributed by atoms with Crippen LogP contribution in [0.4, 0.5) is 0 Å². The smallest absolute Gasteiger partial charge is 0.356 e. The van der Waals surface area contributed by atoms with Crippen molar-refractivity contribution in [2.24, 2.45) is 5.73 Å². The summed E-state index contributed by atoms with van der Waals surface area (Å²) in [7, 11) is 0. The van der Waals surface area contributed by atoms with E-state index < -0.39 is 11.4 Å². The first-order valence-electron chi connectivity index (χ1n) is 1.42. The number of nitrogens with two attached hydrogens (primary N) is 1. The van der Waals surface area contributed by atoms with Gasteiger partial charge in [-0.2, -0.15) is 4.21 Å². The quantitative estimate of drug-likeness (QED) is 0.386. The van der Waals surface area contributed by atoms with E-state index in [4.69, 9.17) is 10.3 Å². The van der Waals surface area contributed by atoms with E-state index in [2.05, 4.69) is 4.18 Å². The summed E-state index contributed by atoms with van der Waals surface area (Å²) >= 11 is -2.23. The maximum atomic E-state index is 9.54. The van der Waals surface area contributed by atoms with Gasteiger partial charge in [0.2, 0.25) is 0 Å². The zero-order chi connectivity index (χ0) is 5.70. The Bertz CT molecular complexity index is 90.9. The molecule has 0 spiro atoms. The van der Waals surface area contributed by atoms with Crippen molar-refractivity contribution in [3.63, 3.8) is 0 Å². The van der Waals surface area contributed by atoms with Crippen LogP contribution in [0.15, 0.2) is 12.5 Å². The van der Waals surface area contributed by atoms with Gasteiger partial charge in [-0.3, -0.25) is 4.55 Å². The van der Waals surface area contributed by atoms with Crippen LogP contribution in [-0.4, -0.2) is 8.76 Å². The molecule has 0 aliphatic heterocycles. The summed E-state index contributed by atoms with van der Waals surface area (Å²) in [5, 5.41) is 0. The predicted octanol–water partition coefficient (Wildman–Crippen LogP) is -0.430. The monoisotopic (exact) mass is 123 g/mol. The lowest BCUT2D eigenvalue weighted by Crippen LogP contribution is -1.87. The summed E-state index contributed by atoms with van der Waals surface area (Å²) in [6.45, 7) is 0. The summed E-state index contributed by atoms with van der Waals surface area (Å²) < 4.78 is 21.3. The minimum atomic E-state index is -2.23. The predicted molar refractivity (Wildman–Crippen MR) is 25.2 cm³/mol. The van der Waals surface area contributed by atoms with Gasteiger partial charge in [-0.15, -0.1) is 0 Å². The molecular formula is C2H5NO3S. The van der Waals surface area contributed by atoms with Crippen LogP contribution in [0.2, 0.25) is 0 Å². The van der Waals surface area contributed by atoms with Gasteiger partial charge >= 0.3 is 11.4 Å². The van der Waals surface area contributed by atoms with Gasteiger partial charge in [0.05, 0.1) is 0 Å². The van der Waals surface area contributed by atoms with Crippen LogP contribution in [0, 0.1) is 0 Å². The first-order valence-corrected chi connectivity index (χ1v) is 2.45. The molecule has 3 N–H and O–H groups in total. The largest absolute Gasteiger partial charge is 0.402 e. The molecule has 0 aromatic rings. The van der Waals surface area contributed by atoms with Crippen molar-refractivity contribution in [2.45, 2.75) is 0 Å². The maximum Gasteiger partial charge on any atom is 0.356 e. The Labute approximate surface area is 43.5 Å². The highest BCUT2D eigenvalue weighted by Crippen LogP contribution is 1.75. The van der Waals surface area contributed by atoms with Gasteiger partial charge in [-0.25, -0.2) is 0 Å². The van der Waals surface area contributed by atoms with Gasteiger partial charge in [-0.05, 0) is 0 Å². The molecule has 0 aliphatic rings. The Morgan fingerprint density at radius 1 is 1.86 bits per heavy atom. The van der Waals surface area contributed by atoms with Crippen LogP contribution in [0.1, 0.15) is 0 Å². The van der Waals surface area contributed by atoms with Crippen molar-refractivity contribution in [3.8, 4) is 0 Å². The minimum absolute atomic E-state index is 0.927. The van der Waals surface area contributed by atoms with E-state index in [9.17, 15) is 4.21 Å². The molecule has 0 fully saturated rings. The highest BCUT2D eigenvalue weighted by molar-refractivity contribution is 7.74. The highest BCUT2D eigenvalue weighted by atomic mass is 32.2. The van der Waals surface area contributed by atoms with E-state index in [1.54, 1.807) is 0 Å². The van der Waals surface area contributed by atoms with Crippen molar-refractivity contribution in [2.75, 3.05) is 0 Å². The zero-order valence-corrected chi connectivity index (χ0v) is 4.22. The number of hydrogen-bond donors (Lipinski definition) is 2. The third-order valence-corrected chi connectivity index (χ3v) is 0.492. The first kappa shape index (κ1) is 6.45. The Hall–Kier alpha value is -0.550. The van der Waals surface area contributed by atoms with Gasteiger partial charge in [-0.1, -0.05) is 0 Å². The standard InChI is InChI=1S/C2H5NO3S/c3-1-2-6-7(4)5/h1-2H,3H2,(H,4,5). The Balaban J connectivity index is 3.14. The fourth-order valence-corrected chi connectivity index (χ4v) is 0.239. The Kier molecular flexibility index (Phi) is 3.35. The molecule has 7 heavy (non-hydrogen) atoms. The molecule has 0 radical (unpaired) electrons. The lowest BCUT2D eigenvalue weighted by atomic mass is 11.0. The maximum absolute atomic E-state index is 9.54. The summed E-state index contributed by atoms with van der Waals surface area (Å²) in [6, 6.07) is 0. The Morgan fingerprint density at radius 2 is 2.43 bits per heavy atom. The summed E-state index contributed by atoms with van der Waals surface area (Å²) in [5.74, 6) is 0. The van der Waals surface area contributed by atoms with E-state index in [1.165, 1.54) is 0 Å². The molecule has 0 heterocycles. The highest BCUT2D eigenvalue weighted by Gasteiger charge is 1.80. The topological polar surface area (TPSA) is 72.5 Å². The van der Waals surface area contributed by atoms with E-state index in [1.807, 2.05) is 0 Å². The van der Waals surface area contributed by atoms with E-state index in [0.29, 0.717) is 0 Å². The van der Waals surface area contributed by atoms with Gasteiger partial charge in [0.1, 0.15) is 6.26 Å². The van der Waals surface area contributed by atoms with E-state index >= 15 is 0 Å². The van der Waals surface area contributed by atoms with E-state index in [0.717, 1.165) is 12.5 Å². The third-order valence-electron chi connectivity index (χ3n) is 0.216. The van der Waals surface area contributed by atoms with Gasteiger partial charge in [0.15, 0.2) is 0 Å². The van der Waals surface area contributed by atoms with Crippen LogP contribution in [0.25, 0.3) is 0 Å². The molecule has 0 rings (SSSR count). The lowest BCUT2D eigenvalue weighted by Gasteiger charge is -1.84. The zero-order valence-electron chi connectivity index (χ0n) is 3.40. The van der Waals surface area contributed by atoms with Crippen LogP contribution in [0.3, 0.4) is 0 Å². The molecular weight excluding hydrogens is 118 g/mol. The lowest BCUT2D eigenvalue weighted by molar-refractivity contribution is 0.419. The molecule has 0 bridgehead atoms. The second-order valence-corrected chi connectivity index (χ2v) is 1.27. The van der Waals surface area contributed by atoms with Crippen molar-refractivity contribution in [3.05, 3.63) is 12.5 Å². The second-order valence-electron chi connectivity index (χ2n) is 0.642. The molecule has 5 heteroatoms.